The first kappa shape index (κ1) is 82.8. The van der Waals surface area contributed by atoms with Crippen LogP contribution in [-0.2, 0) is 28.7 Å². The summed E-state index contributed by atoms with van der Waals surface area (Å²) in [4.78, 5) is 16.3. The Hall–Kier alpha value is -2.21. The Balaban J connectivity index is 0.00000113. The summed E-state index contributed by atoms with van der Waals surface area (Å²) in [5.41, 5.74) is 8.39. The normalized spacial score (nSPS) is 11.4. The average molecular weight is 1430 g/mol. The van der Waals surface area contributed by atoms with Crippen LogP contribution in [0.1, 0.15) is 121 Å². The zero-order valence-corrected chi connectivity index (χ0v) is 66.1. The smallest absolute Gasteiger partial charge is 1.00 e. The number of rotatable bonds is 25. The molecule has 0 aromatic heterocycles. The van der Waals surface area contributed by atoms with Crippen molar-refractivity contribution in [2.24, 2.45) is 17.8 Å². The Morgan fingerprint density at radius 3 is 1.24 bits per heavy atom. The summed E-state index contributed by atoms with van der Waals surface area (Å²) >= 11 is 1.15. The first-order valence-electron chi connectivity index (χ1n) is 30.7. The molecule has 15 heteroatoms. The van der Waals surface area contributed by atoms with Gasteiger partial charge in [0.05, 0.1) is 11.5 Å². The van der Waals surface area contributed by atoms with Gasteiger partial charge in [0.2, 0.25) is 0 Å². The van der Waals surface area contributed by atoms with E-state index in [1.807, 2.05) is 81.4 Å². The summed E-state index contributed by atoms with van der Waals surface area (Å²) in [6.07, 6.45) is 10.8. The van der Waals surface area contributed by atoms with E-state index in [4.69, 9.17) is 19.0 Å². The van der Waals surface area contributed by atoms with Gasteiger partial charge in [-0.2, -0.15) is 8.42 Å². The second kappa shape index (κ2) is 49.4. The van der Waals surface area contributed by atoms with Crippen molar-refractivity contribution in [3.8, 4) is 0 Å². The van der Waals surface area contributed by atoms with Gasteiger partial charge in [-0.15, -0.1) is 0 Å². The number of para-hydroxylation sites is 4. The van der Waals surface area contributed by atoms with E-state index in [9.17, 15) is 8.42 Å². The molecule has 0 bridgehead atoms. The molecular weight excluding hydrogens is 1330 g/mol. The van der Waals surface area contributed by atoms with Crippen LogP contribution in [0.25, 0.3) is 0 Å². The van der Waals surface area contributed by atoms with Gasteiger partial charge in [-0.05, 0) is 104 Å². The molecule has 1 fully saturated rings. The number of nitrogens with one attached hydrogen (secondary N) is 1. The second-order valence-corrected chi connectivity index (χ2v) is 38.4. The number of hydrogen-bond acceptors (Lipinski definition) is 10. The molecule has 0 aliphatic carbocycles. The van der Waals surface area contributed by atoms with Crippen LogP contribution in [0.2, 0.25) is 13.3 Å². The summed E-state index contributed by atoms with van der Waals surface area (Å²) in [6.45, 7) is 26.0. The zero-order chi connectivity index (χ0) is 62.1. The minimum atomic E-state index is -3.57. The maximum Gasteiger partial charge on any atom is 1.00 e. The standard InChI is InChI=1S/C16H18BrN.C16H18N.C12H11N.C11H16O3S.C4H8O.3C4H9.CH2O3.2K.Sn.H/c1-13(2)12-18(15-6-4-3-5-7-15)16-10-8-14(17)9-11-16;1-14(2)13-17(15-9-5-3-6-10-15)16-11-7-4-8-12-16;1-3-7-11(8-4-1)13-12-9-5-2-6-10-12;1-9(2)8-14-15(12,13)11-6-4-10(3)5-7-11;1-2-4-5-3-1;3*1-3-4-2;2-1-4-3;;;;/h3-11,13H,12H2,1-2H3;3,5-12,14H,13H2,1-2H3;1-10,13H;4-7,9H,8H2,1-3H3;1-4H2;3*1,3-4H2,2H3;1,3H;;;;/q;;;;;;;;;2*+1;;-1/p-1. The average Bonchev–Trinajstić information content (AvgIpc) is 4.34. The van der Waals surface area contributed by atoms with Crippen LogP contribution >= 0.6 is 15.9 Å². The van der Waals surface area contributed by atoms with E-state index >= 15 is 0 Å². The van der Waals surface area contributed by atoms with E-state index in [1.165, 1.54) is 74.1 Å². The monoisotopic (exact) mass is 1430 g/mol. The summed E-state index contributed by atoms with van der Waals surface area (Å²) in [6, 6.07) is 66.8. The van der Waals surface area contributed by atoms with Crippen LogP contribution < -0.4 is 127 Å². The number of carbonyl (C=O) groups is 1. The molecule has 0 atom stereocenters. The fourth-order valence-electron chi connectivity index (χ4n) is 9.35. The van der Waals surface area contributed by atoms with E-state index < -0.39 is 28.5 Å². The Bertz CT molecular complexity index is 2820. The largest absolute Gasteiger partial charge is 1.00 e. The third-order valence-electron chi connectivity index (χ3n) is 13.8. The predicted molar refractivity (Wildman–Crippen MR) is 365 cm³/mol. The van der Waals surface area contributed by atoms with Crippen LogP contribution in [0.5, 0.6) is 0 Å². The number of benzene rings is 7. The van der Waals surface area contributed by atoms with Crippen LogP contribution in [0.3, 0.4) is 0 Å². The SMILES string of the molecule is C1CCOC1.CC(C)CN(c1ccccc1)c1ccc(Br)cc1.CCC[CH2][Sn]([CH2]CCC)([CH2]CCC)[c]1ccc(N(CC(C)C)c2ccccc2)cc1.Cc1ccc(S(=O)(=O)OCC(C)C)cc1.O=CO[O-].[H-].[K+].[K+].c1ccc(Nc2ccccc2)cc1. The van der Waals surface area contributed by atoms with Crippen molar-refractivity contribution in [2.45, 2.75) is 139 Å². The molecule has 0 spiro atoms. The topological polar surface area (TPSA) is 120 Å². The Morgan fingerprint density at radius 1 is 0.563 bits per heavy atom. The molecule has 1 aliphatic heterocycles. The molecule has 87 heavy (non-hydrogen) atoms. The molecule has 0 saturated carbocycles. The van der Waals surface area contributed by atoms with Crippen molar-refractivity contribution < 1.29 is 136 Å². The molecular formula is C72H100BrK2N3O7SSn. The number of aryl methyl sites for hydroxylation is 1. The van der Waals surface area contributed by atoms with Crippen LogP contribution in [0.4, 0.5) is 34.1 Å². The molecule has 8 rings (SSSR count). The maximum atomic E-state index is 11.6. The van der Waals surface area contributed by atoms with Gasteiger partial charge >= 0.3 is 295 Å². The molecule has 0 unspecified atom stereocenters. The van der Waals surface area contributed by atoms with E-state index in [1.54, 1.807) is 41.2 Å². The van der Waals surface area contributed by atoms with Crippen molar-refractivity contribution in [3.63, 3.8) is 0 Å². The summed E-state index contributed by atoms with van der Waals surface area (Å²) in [7, 11) is -3.57. The molecule has 1 aliphatic rings. The first-order valence-corrected chi connectivity index (χ1v) is 40.3. The van der Waals surface area contributed by atoms with Gasteiger partial charge in [-0.3, -0.25) is 8.98 Å². The van der Waals surface area contributed by atoms with Gasteiger partial charge < -0.3 is 26.5 Å². The minimum Gasteiger partial charge on any atom is -1.00 e. The molecule has 0 radical (unpaired) electrons. The third kappa shape index (κ3) is 34.9. The van der Waals surface area contributed by atoms with Gasteiger partial charge in [0.1, 0.15) is 0 Å². The van der Waals surface area contributed by atoms with Crippen molar-refractivity contribution in [2.75, 3.05) is 48.0 Å². The fourth-order valence-corrected chi connectivity index (χ4v) is 26.6. The number of ether oxygens (including phenoxy) is 1. The molecule has 1 heterocycles. The fraction of sp³-hybridized carbons (Fsp3) is 0.403. The Morgan fingerprint density at radius 2 is 0.920 bits per heavy atom. The van der Waals surface area contributed by atoms with Crippen molar-refractivity contribution in [1.82, 2.24) is 0 Å². The number of carbonyl (C=O) groups excluding carboxylic acids is 1. The number of anilines is 6. The van der Waals surface area contributed by atoms with Gasteiger partial charge in [0.25, 0.3) is 16.6 Å². The minimum absolute atomic E-state index is 0. The molecule has 1 saturated heterocycles. The zero-order valence-electron chi connectivity index (χ0n) is 55.6. The summed E-state index contributed by atoms with van der Waals surface area (Å²) < 4.78 is 40.6. The van der Waals surface area contributed by atoms with Crippen LogP contribution in [0.15, 0.2) is 203 Å². The van der Waals surface area contributed by atoms with E-state index in [0.717, 1.165) is 47.7 Å². The van der Waals surface area contributed by atoms with Gasteiger partial charge in [-0.25, -0.2) is 0 Å². The predicted octanol–water partition coefficient (Wildman–Crippen LogP) is 12.9. The van der Waals surface area contributed by atoms with Crippen molar-refractivity contribution in [1.29, 1.82) is 0 Å². The van der Waals surface area contributed by atoms with Gasteiger partial charge in [0.15, 0.2) is 0 Å². The molecule has 10 nitrogen and oxygen atoms in total. The van der Waals surface area contributed by atoms with E-state index in [0.29, 0.717) is 11.8 Å². The number of unbranched alkanes of at least 4 members (excludes halogenated alkanes) is 3. The molecule has 0 amide bonds. The molecule has 1 N–H and O–H groups in total. The molecule has 7 aromatic rings. The van der Waals surface area contributed by atoms with Crippen LogP contribution in [-0.4, -0.2) is 66.2 Å². The van der Waals surface area contributed by atoms with Crippen molar-refractivity contribution in [3.05, 3.63) is 204 Å². The van der Waals surface area contributed by atoms with Crippen molar-refractivity contribution >= 4 is 88.6 Å². The second-order valence-electron chi connectivity index (χ2n) is 22.6. The van der Waals surface area contributed by atoms with Gasteiger partial charge in [0, 0.05) is 47.0 Å². The summed E-state index contributed by atoms with van der Waals surface area (Å²) in [5.74, 6) is 1.45. The summed E-state index contributed by atoms with van der Waals surface area (Å²) in [5, 5.41) is 11.7. The van der Waals surface area contributed by atoms with Gasteiger partial charge in [-0.1, -0.05) is 116 Å². The Labute approximate surface area is 625 Å². The quantitative estimate of drug-likeness (QED) is 0.0195. The number of nitrogens with zero attached hydrogens (tertiary/aromatic N) is 2. The molecule has 7 aromatic carbocycles. The van der Waals surface area contributed by atoms with E-state index in [-0.39, 0.29) is 128 Å². The number of halogens is 1. The molecule has 464 valence electrons. The van der Waals surface area contributed by atoms with E-state index in [2.05, 4.69) is 194 Å². The first-order chi connectivity index (χ1) is 41.0. The third-order valence-corrected chi connectivity index (χ3v) is 31.3. The Kier molecular flexibility index (Phi) is 47.0. The number of hydrogen-bond donors (Lipinski definition) is 1. The van der Waals surface area contributed by atoms with Crippen LogP contribution in [0, 0.1) is 24.7 Å². The maximum absolute atomic E-state index is 11.6.